The lowest BCUT2D eigenvalue weighted by Crippen LogP contribution is -2.04. The Kier molecular flexibility index (Phi) is 4.20. The quantitative estimate of drug-likeness (QED) is 0.763. The Hall–Kier alpha value is -3.28. The number of hydrogen-bond donors (Lipinski definition) is 2. The molecule has 0 saturated carbocycles. The fourth-order valence-electron chi connectivity index (χ4n) is 2.24. The first-order chi connectivity index (χ1) is 11.5. The zero-order chi connectivity index (χ0) is 17.1. The Morgan fingerprint density at radius 1 is 1.12 bits per heavy atom. The van der Waals surface area contributed by atoms with Crippen LogP contribution in [0.3, 0.4) is 0 Å². The van der Waals surface area contributed by atoms with Gasteiger partial charge in [0.15, 0.2) is 5.82 Å². The van der Waals surface area contributed by atoms with E-state index in [9.17, 15) is 4.79 Å². The number of rotatable bonds is 4. The van der Waals surface area contributed by atoms with Crippen molar-refractivity contribution in [2.75, 3.05) is 5.32 Å². The minimum absolute atomic E-state index is 0.218. The number of aryl methyl sites for hydroxylation is 1. The molecule has 120 valence electrons. The Balaban J connectivity index is 2.00. The molecule has 0 atom stereocenters. The maximum absolute atomic E-state index is 11.1. The Bertz CT molecular complexity index is 895. The van der Waals surface area contributed by atoms with Crippen molar-refractivity contribution in [3.05, 3.63) is 65.6 Å². The Morgan fingerprint density at radius 2 is 1.96 bits per heavy atom. The molecule has 0 amide bonds. The van der Waals surface area contributed by atoms with Crippen LogP contribution in [0.2, 0.25) is 0 Å². The van der Waals surface area contributed by atoms with E-state index in [4.69, 9.17) is 5.11 Å². The van der Waals surface area contributed by atoms with Gasteiger partial charge in [-0.3, -0.25) is 4.98 Å². The predicted molar refractivity (Wildman–Crippen MR) is 91.4 cm³/mol. The summed E-state index contributed by atoms with van der Waals surface area (Å²) in [5.74, 6) is 0.247. The fourth-order valence-corrected chi connectivity index (χ4v) is 2.24. The Labute approximate surface area is 139 Å². The van der Waals surface area contributed by atoms with Crippen molar-refractivity contribution in [2.45, 2.75) is 13.8 Å². The smallest absolute Gasteiger partial charge is 0.335 e. The van der Waals surface area contributed by atoms with Gasteiger partial charge in [0.05, 0.1) is 5.56 Å². The zero-order valence-electron chi connectivity index (χ0n) is 13.3. The van der Waals surface area contributed by atoms with Crippen molar-refractivity contribution in [1.29, 1.82) is 0 Å². The lowest BCUT2D eigenvalue weighted by molar-refractivity contribution is 0.0697. The molecule has 0 fully saturated rings. The lowest BCUT2D eigenvalue weighted by Gasteiger charge is -2.12. The second-order valence-corrected chi connectivity index (χ2v) is 5.36. The largest absolute Gasteiger partial charge is 0.478 e. The monoisotopic (exact) mass is 320 g/mol. The van der Waals surface area contributed by atoms with Crippen molar-refractivity contribution in [3.63, 3.8) is 0 Å². The maximum atomic E-state index is 11.1. The van der Waals surface area contributed by atoms with Gasteiger partial charge < -0.3 is 10.4 Å². The molecule has 0 saturated heterocycles. The van der Waals surface area contributed by atoms with E-state index < -0.39 is 5.97 Å². The molecule has 0 unspecified atom stereocenters. The lowest BCUT2D eigenvalue weighted by atomic mass is 10.2. The van der Waals surface area contributed by atoms with Crippen LogP contribution in [0.25, 0.3) is 11.4 Å². The molecule has 2 N–H and O–H groups in total. The first-order valence-electron chi connectivity index (χ1n) is 7.40. The molecule has 0 aliphatic carbocycles. The van der Waals surface area contributed by atoms with Crippen LogP contribution in [0.15, 0.2) is 48.8 Å². The van der Waals surface area contributed by atoms with Crippen LogP contribution in [-0.2, 0) is 0 Å². The number of anilines is 2. The van der Waals surface area contributed by atoms with E-state index in [0.717, 1.165) is 16.8 Å². The standard InChI is InChI=1S/C18H16N4O2/c1-11-12(2)20-17(14-6-4-8-19-10-14)22-16(11)21-15-7-3-5-13(9-15)18(23)24/h3-10H,1-2H3,(H,23,24)(H,20,21,22). The highest BCUT2D eigenvalue weighted by Gasteiger charge is 2.11. The summed E-state index contributed by atoms with van der Waals surface area (Å²) in [4.78, 5) is 24.3. The number of carboxylic acids is 1. The number of hydrogen-bond acceptors (Lipinski definition) is 5. The van der Waals surface area contributed by atoms with Crippen molar-refractivity contribution < 1.29 is 9.90 Å². The third kappa shape index (κ3) is 3.22. The van der Waals surface area contributed by atoms with Gasteiger partial charge in [0.1, 0.15) is 5.82 Å². The molecule has 6 heteroatoms. The topological polar surface area (TPSA) is 88.0 Å². The second kappa shape index (κ2) is 6.45. The molecule has 0 bridgehead atoms. The van der Waals surface area contributed by atoms with E-state index in [-0.39, 0.29) is 5.56 Å². The number of pyridine rings is 1. The molecule has 3 aromatic rings. The van der Waals surface area contributed by atoms with Crippen molar-refractivity contribution in [3.8, 4) is 11.4 Å². The van der Waals surface area contributed by atoms with Crippen LogP contribution < -0.4 is 5.32 Å². The molecule has 0 spiro atoms. The summed E-state index contributed by atoms with van der Waals surface area (Å²) < 4.78 is 0. The number of carbonyl (C=O) groups is 1. The normalized spacial score (nSPS) is 10.4. The minimum atomic E-state index is -0.967. The first kappa shape index (κ1) is 15.6. The van der Waals surface area contributed by atoms with Crippen LogP contribution in [0.1, 0.15) is 21.6 Å². The van der Waals surface area contributed by atoms with Crippen LogP contribution >= 0.6 is 0 Å². The third-order valence-corrected chi connectivity index (χ3v) is 3.68. The van der Waals surface area contributed by atoms with Gasteiger partial charge in [-0.1, -0.05) is 6.07 Å². The number of carboxylic acid groups (broad SMARTS) is 1. The summed E-state index contributed by atoms with van der Waals surface area (Å²) in [6.07, 6.45) is 3.40. The summed E-state index contributed by atoms with van der Waals surface area (Å²) in [6, 6.07) is 10.3. The molecule has 6 nitrogen and oxygen atoms in total. The van der Waals surface area contributed by atoms with E-state index in [1.807, 2.05) is 26.0 Å². The van der Waals surface area contributed by atoms with Gasteiger partial charge in [-0.05, 0) is 44.2 Å². The fraction of sp³-hybridized carbons (Fsp3) is 0.111. The minimum Gasteiger partial charge on any atom is -0.478 e. The third-order valence-electron chi connectivity index (χ3n) is 3.68. The van der Waals surface area contributed by atoms with Crippen molar-refractivity contribution >= 4 is 17.5 Å². The van der Waals surface area contributed by atoms with E-state index in [1.54, 1.807) is 36.7 Å². The average molecular weight is 320 g/mol. The highest BCUT2D eigenvalue weighted by Crippen LogP contribution is 2.24. The summed E-state index contributed by atoms with van der Waals surface area (Å²) in [5.41, 5.74) is 3.45. The van der Waals surface area contributed by atoms with Crippen molar-refractivity contribution in [1.82, 2.24) is 15.0 Å². The first-order valence-corrected chi connectivity index (χ1v) is 7.40. The molecule has 3 rings (SSSR count). The number of aromatic carboxylic acids is 1. The van der Waals surface area contributed by atoms with Gasteiger partial charge in [-0.15, -0.1) is 0 Å². The van der Waals surface area contributed by atoms with Gasteiger partial charge in [0, 0.05) is 34.9 Å². The van der Waals surface area contributed by atoms with Crippen molar-refractivity contribution in [2.24, 2.45) is 0 Å². The van der Waals surface area contributed by atoms with Gasteiger partial charge in [-0.2, -0.15) is 0 Å². The molecule has 0 aliphatic rings. The Morgan fingerprint density at radius 3 is 2.67 bits per heavy atom. The summed E-state index contributed by atoms with van der Waals surface area (Å²) in [7, 11) is 0. The second-order valence-electron chi connectivity index (χ2n) is 5.36. The van der Waals surface area contributed by atoms with E-state index >= 15 is 0 Å². The molecule has 24 heavy (non-hydrogen) atoms. The summed E-state index contributed by atoms with van der Waals surface area (Å²) in [6.45, 7) is 3.83. The summed E-state index contributed by atoms with van der Waals surface area (Å²) in [5, 5.41) is 12.3. The van der Waals surface area contributed by atoms with Crippen LogP contribution in [0.4, 0.5) is 11.5 Å². The number of aromatic nitrogens is 3. The van der Waals surface area contributed by atoms with E-state index in [0.29, 0.717) is 17.3 Å². The zero-order valence-corrected chi connectivity index (χ0v) is 13.3. The molecule has 2 heterocycles. The van der Waals surface area contributed by atoms with Crippen LogP contribution in [0.5, 0.6) is 0 Å². The SMILES string of the molecule is Cc1nc(-c2cccnc2)nc(Nc2cccc(C(=O)O)c2)c1C. The number of nitrogens with one attached hydrogen (secondary N) is 1. The molecular formula is C18H16N4O2. The van der Waals surface area contributed by atoms with Gasteiger partial charge in [0.2, 0.25) is 0 Å². The van der Waals surface area contributed by atoms with Crippen LogP contribution in [-0.4, -0.2) is 26.0 Å². The predicted octanol–water partition coefficient (Wildman–Crippen LogP) is 3.60. The van der Waals surface area contributed by atoms with Crippen LogP contribution in [0, 0.1) is 13.8 Å². The van der Waals surface area contributed by atoms with Gasteiger partial charge in [0.25, 0.3) is 0 Å². The summed E-state index contributed by atoms with van der Waals surface area (Å²) >= 11 is 0. The highest BCUT2D eigenvalue weighted by molar-refractivity contribution is 5.89. The van der Waals surface area contributed by atoms with E-state index in [1.165, 1.54) is 0 Å². The molecule has 0 radical (unpaired) electrons. The highest BCUT2D eigenvalue weighted by atomic mass is 16.4. The molecule has 1 aromatic carbocycles. The molecule has 2 aromatic heterocycles. The van der Waals surface area contributed by atoms with Gasteiger partial charge in [-0.25, -0.2) is 14.8 Å². The number of benzene rings is 1. The van der Waals surface area contributed by atoms with Gasteiger partial charge >= 0.3 is 5.97 Å². The number of nitrogens with zero attached hydrogens (tertiary/aromatic N) is 3. The average Bonchev–Trinajstić information content (AvgIpc) is 2.59. The molecular weight excluding hydrogens is 304 g/mol. The molecule has 0 aliphatic heterocycles. The maximum Gasteiger partial charge on any atom is 0.335 e. The van der Waals surface area contributed by atoms with E-state index in [2.05, 4.69) is 20.3 Å².